The summed E-state index contributed by atoms with van der Waals surface area (Å²) in [5, 5.41) is 0.133. The summed E-state index contributed by atoms with van der Waals surface area (Å²) >= 11 is 5.71. The van der Waals surface area contributed by atoms with E-state index in [1.54, 1.807) is 0 Å². The summed E-state index contributed by atoms with van der Waals surface area (Å²) in [5.74, 6) is -0.588. The molecule has 2 nitrogen and oxygen atoms in total. The summed E-state index contributed by atoms with van der Waals surface area (Å²) < 4.78 is 38.7. The van der Waals surface area contributed by atoms with Crippen LogP contribution < -0.4 is 0 Å². The van der Waals surface area contributed by atoms with Crippen LogP contribution in [-0.4, -0.2) is 23.9 Å². The highest BCUT2D eigenvalue weighted by molar-refractivity contribution is 6.31. The van der Waals surface area contributed by atoms with Crippen LogP contribution in [0.3, 0.4) is 0 Å². The highest BCUT2D eigenvalue weighted by Gasteiger charge is 2.36. The number of alkyl halides is 3. The molecule has 1 saturated heterocycles. The zero-order valence-electron chi connectivity index (χ0n) is 10.1. The molecule has 6 heteroatoms. The van der Waals surface area contributed by atoms with Gasteiger partial charge >= 0.3 is 6.18 Å². The molecule has 1 aromatic rings. The van der Waals surface area contributed by atoms with Gasteiger partial charge in [0.2, 0.25) is 0 Å². The summed E-state index contributed by atoms with van der Waals surface area (Å²) in [7, 11) is 0. The smallest absolute Gasteiger partial charge is 0.339 e. The predicted octanol–water partition coefficient (Wildman–Crippen LogP) is 3.98. The Morgan fingerprint density at radius 1 is 1.16 bits per heavy atom. The first-order valence-electron chi connectivity index (χ1n) is 6.05. The fraction of sp³-hybridized carbons (Fsp3) is 0.462. The highest BCUT2D eigenvalue weighted by atomic mass is 35.5. The summed E-state index contributed by atoms with van der Waals surface area (Å²) in [6.07, 6.45) is -1.89. The summed E-state index contributed by atoms with van der Waals surface area (Å²) in [5.41, 5.74) is -1.28. The van der Waals surface area contributed by atoms with Crippen molar-refractivity contribution in [2.24, 2.45) is 0 Å². The molecule has 2 rings (SSSR count). The molecule has 1 aliphatic heterocycles. The quantitative estimate of drug-likeness (QED) is 0.766. The Bertz CT molecular complexity index is 481. The van der Waals surface area contributed by atoms with Gasteiger partial charge in [0, 0.05) is 18.1 Å². The first-order valence-corrected chi connectivity index (χ1v) is 6.43. The van der Waals surface area contributed by atoms with Gasteiger partial charge in [0.05, 0.1) is 11.1 Å². The largest absolute Gasteiger partial charge is 0.417 e. The number of nitrogens with zero attached hydrogens (tertiary/aromatic N) is 1. The molecule has 0 bridgehead atoms. The fourth-order valence-electron chi connectivity index (χ4n) is 2.21. The van der Waals surface area contributed by atoms with Gasteiger partial charge in [-0.3, -0.25) is 4.79 Å². The van der Waals surface area contributed by atoms with E-state index in [0.29, 0.717) is 13.1 Å². The monoisotopic (exact) mass is 291 g/mol. The van der Waals surface area contributed by atoms with E-state index >= 15 is 0 Å². The number of hydrogen-bond donors (Lipinski definition) is 0. The summed E-state index contributed by atoms with van der Waals surface area (Å²) in [6.45, 7) is 1.01. The number of carbonyl (C=O) groups excluding carboxylic acids is 1. The molecule has 0 radical (unpaired) electrons. The van der Waals surface area contributed by atoms with Crippen molar-refractivity contribution in [3.05, 3.63) is 34.3 Å². The van der Waals surface area contributed by atoms with Crippen LogP contribution in [-0.2, 0) is 6.18 Å². The third-order valence-corrected chi connectivity index (χ3v) is 3.40. The van der Waals surface area contributed by atoms with Crippen LogP contribution in [0.5, 0.6) is 0 Å². The molecule has 0 unspecified atom stereocenters. The maximum Gasteiger partial charge on any atom is 0.417 e. The Morgan fingerprint density at radius 2 is 1.79 bits per heavy atom. The number of benzene rings is 1. The van der Waals surface area contributed by atoms with Gasteiger partial charge in [-0.15, -0.1) is 0 Å². The van der Waals surface area contributed by atoms with Crippen LogP contribution in [0.1, 0.15) is 35.2 Å². The van der Waals surface area contributed by atoms with Crippen LogP contribution in [0.4, 0.5) is 13.2 Å². The van der Waals surface area contributed by atoms with E-state index in [1.165, 1.54) is 4.90 Å². The molecule has 104 valence electrons. The molecule has 1 aliphatic rings. The Kier molecular flexibility index (Phi) is 4.04. The van der Waals surface area contributed by atoms with E-state index in [-0.39, 0.29) is 10.6 Å². The maximum absolute atomic E-state index is 12.9. The first-order chi connectivity index (χ1) is 8.89. The van der Waals surface area contributed by atoms with Gasteiger partial charge in [0.25, 0.3) is 5.91 Å². The lowest BCUT2D eigenvalue weighted by molar-refractivity contribution is -0.138. The molecule has 0 spiro atoms. The third kappa shape index (κ3) is 3.21. The fourth-order valence-corrected chi connectivity index (χ4v) is 2.38. The minimum absolute atomic E-state index is 0.133. The highest BCUT2D eigenvalue weighted by Crippen LogP contribution is 2.34. The van der Waals surface area contributed by atoms with E-state index in [4.69, 9.17) is 11.6 Å². The number of piperidine rings is 1. The SMILES string of the molecule is O=C(c1cc(Cl)ccc1C(F)(F)F)N1CCCCC1. The van der Waals surface area contributed by atoms with Crippen LogP contribution in [0.2, 0.25) is 5.02 Å². The molecule has 0 aliphatic carbocycles. The molecule has 0 aromatic heterocycles. The van der Waals surface area contributed by atoms with Crippen molar-refractivity contribution >= 4 is 17.5 Å². The average Bonchev–Trinajstić information content (AvgIpc) is 2.37. The molecular formula is C13H13ClF3NO. The van der Waals surface area contributed by atoms with Crippen molar-refractivity contribution in [2.75, 3.05) is 13.1 Å². The van der Waals surface area contributed by atoms with E-state index < -0.39 is 17.6 Å². The topological polar surface area (TPSA) is 20.3 Å². The number of likely N-dealkylation sites (tertiary alicyclic amines) is 1. The molecule has 0 atom stereocenters. The standard InChI is InChI=1S/C13H13ClF3NO/c14-9-4-5-11(13(15,16)17)10(8-9)12(19)18-6-2-1-3-7-18/h4-5,8H,1-3,6-7H2. The normalized spacial score (nSPS) is 16.5. The lowest BCUT2D eigenvalue weighted by Crippen LogP contribution is -2.36. The Morgan fingerprint density at radius 3 is 2.37 bits per heavy atom. The second-order valence-corrected chi connectivity index (χ2v) is 4.98. The second-order valence-electron chi connectivity index (χ2n) is 4.54. The number of amides is 1. The van der Waals surface area contributed by atoms with Crippen molar-refractivity contribution in [1.29, 1.82) is 0 Å². The first kappa shape index (κ1) is 14.2. The van der Waals surface area contributed by atoms with Gasteiger partial charge in [-0.2, -0.15) is 13.2 Å². The summed E-state index contributed by atoms with van der Waals surface area (Å²) in [4.78, 5) is 13.6. The van der Waals surface area contributed by atoms with Gasteiger partial charge in [-0.05, 0) is 37.5 Å². The molecule has 0 N–H and O–H groups in total. The lowest BCUT2D eigenvalue weighted by Gasteiger charge is -2.27. The Hall–Kier alpha value is -1.23. The van der Waals surface area contributed by atoms with Gasteiger partial charge in [0.15, 0.2) is 0 Å². The number of carbonyl (C=O) groups is 1. The van der Waals surface area contributed by atoms with E-state index in [0.717, 1.165) is 37.5 Å². The van der Waals surface area contributed by atoms with Crippen molar-refractivity contribution in [3.63, 3.8) is 0 Å². The van der Waals surface area contributed by atoms with Crippen molar-refractivity contribution < 1.29 is 18.0 Å². The number of halogens is 4. The lowest BCUT2D eigenvalue weighted by atomic mass is 10.0. The summed E-state index contributed by atoms with van der Waals surface area (Å²) in [6, 6.07) is 3.11. The maximum atomic E-state index is 12.9. The molecular weight excluding hydrogens is 279 g/mol. The molecule has 1 fully saturated rings. The van der Waals surface area contributed by atoms with E-state index in [1.807, 2.05) is 0 Å². The molecule has 1 aromatic carbocycles. The number of hydrogen-bond acceptors (Lipinski definition) is 1. The van der Waals surface area contributed by atoms with Crippen molar-refractivity contribution in [2.45, 2.75) is 25.4 Å². The van der Waals surface area contributed by atoms with E-state index in [9.17, 15) is 18.0 Å². The number of rotatable bonds is 1. The van der Waals surface area contributed by atoms with Crippen LogP contribution in [0, 0.1) is 0 Å². The average molecular weight is 292 g/mol. The van der Waals surface area contributed by atoms with Gasteiger partial charge in [0.1, 0.15) is 0 Å². The molecule has 1 heterocycles. The third-order valence-electron chi connectivity index (χ3n) is 3.16. The van der Waals surface area contributed by atoms with Gasteiger partial charge in [-0.1, -0.05) is 11.6 Å². The predicted molar refractivity (Wildman–Crippen MR) is 66.2 cm³/mol. The van der Waals surface area contributed by atoms with Crippen molar-refractivity contribution in [3.8, 4) is 0 Å². The zero-order chi connectivity index (χ0) is 14.0. The van der Waals surface area contributed by atoms with Crippen LogP contribution in [0.25, 0.3) is 0 Å². The second kappa shape index (κ2) is 5.41. The molecule has 1 amide bonds. The van der Waals surface area contributed by atoms with E-state index in [2.05, 4.69) is 0 Å². The molecule has 19 heavy (non-hydrogen) atoms. The van der Waals surface area contributed by atoms with Gasteiger partial charge < -0.3 is 4.90 Å². The van der Waals surface area contributed by atoms with Crippen LogP contribution in [0.15, 0.2) is 18.2 Å². The van der Waals surface area contributed by atoms with Gasteiger partial charge in [-0.25, -0.2) is 0 Å². The Labute approximate surface area is 114 Å². The zero-order valence-corrected chi connectivity index (χ0v) is 10.9. The minimum atomic E-state index is -4.55. The molecule has 0 saturated carbocycles. The van der Waals surface area contributed by atoms with Crippen LogP contribution >= 0.6 is 11.6 Å². The minimum Gasteiger partial charge on any atom is -0.339 e. The Balaban J connectivity index is 2.36. The van der Waals surface area contributed by atoms with Crippen molar-refractivity contribution in [1.82, 2.24) is 4.90 Å².